The fourth-order valence-corrected chi connectivity index (χ4v) is 3.71. The maximum absolute atomic E-state index is 10.4. The second-order valence-corrected chi connectivity index (χ2v) is 6.72. The Hall–Kier alpha value is -0.630. The fraction of sp³-hybridized carbons (Fsp3) is 0.692. The first-order valence-corrected chi connectivity index (χ1v) is 7.51. The first-order chi connectivity index (χ1) is 8.61. The number of halogens is 1. The van der Waals surface area contributed by atoms with Crippen molar-refractivity contribution >= 4 is 22.9 Å². The van der Waals surface area contributed by atoms with Gasteiger partial charge in [0.1, 0.15) is 15.4 Å². The highest BCUT2D eigenvalue weighted by Crippen LogP contribution is 2.48. The Morgan fingerprint density at radius 1 is 1.67 bits per heavy atom. The summed E-state index contributed by atoms with van der Waals surface area (Å²) in [6.45, 7) is 2.18. The number of aromatic nitrogens is 1. The van der Waals surface area contributed by atoms with E-state index in [1.54, 1.807) is 0 Å². The molecule has 0 amide bonds. The van der Waals surface area contributed by atoms with Crippen LogP contribution in [0.5, 0.6) is 0 Å². The summed E-state index contributed by atoms with van der Waals surface area (Å²) in [4.78, 5) is 4.11. The van der Waals surface area contributed by atoms with E-state index in [0.717, 1.165) is 32.1 Å². The number of hydrogen-bond acceptors (Lipinski definition) is 4. The van der Waals surface area contributed by atoms with Gasteiger partial charge < -0.3 is 5.11 Å². The highest BCUT2D eigenvalue weighted by Gasteiger charge is 2.43. The van der Waals surface area contributed by atoms with Crippen LogP contribution >= 0.6 is 22.9 Å². The van der Waals surface area contributed by atoms with E-state index < -0.39 is 11.5 Å². The molecule has 1 atom stereocenters. The highest BCUT2D eigenvalue weighted by molar-refractivity contribution is 7.15. The van der Waals surface area contributed by atoms with Crippen molar-refractivity contribution in [2.45, 2.75) is 45.1 Å². The zero-order valence-electron chi connectivity index (χ0n) is 10.4. The van der Waals surface area contributed by atoms with Crippen molar-refractivity contribution in [3.8, 4) is 6.07 Å². The van der Waals surface area contributed by atoms with Gasteiger partial charge in [0.15, 0.2) is 0 Å². The van der Waals surface area contributed by atoms with Crippen LogP contribution in [0.1, 0.15) is 50.1 Å². The summed E-state index contributed by atoms with van der Waals surface area (Å²) in [7, 11) is 0. The van der Waals surface area contributed by atoms with Gasteiger partial charge in [-0.05, 0) is 31.6 Å². The predicted molar refractivity (Wildman–Crippen MR) is 72.4 cm³/mol. The molecule has 1 saturated carbocycles. The van der Waals surface area contributed by atoms with Crippen molar-refractivity contribution in [2.24, 2.45) is 11.3 Å². The van der Waals surface area contributed by atoms with E-state index in [9.17, 15) is 10.4 Å². The van der Waals surface area contributed by atoms with Crippen LogP contribution in [0.3, 0.4) is 0 Å². The summed E-state index contributed by atoms with van der Waals surface area (Å²) in [6, 6.07) is 2.34. The lowest BCUT2D eigenvalue weighted by molar-refractivity contribution is 0.0241. The van der Waals surface area contributed by atoms with Crippen molar-refractivity contribution in [1.29, 1.82) is 5.26 Å². The molecule has 1 aromatic rings. The summed E-state index contributed by atoms with van der Waals surface area (Å²) in [5, 5.41) is 20.5. The van der Waals surface area contributed by atoms with Crippen molar-refractivity contribution < 1.29 is 5.11 Å². The number of rotatable bonds is 3. The Bertz CT molecular complexity index is 446. The molecule has 0 saturated heterocycles. The quantitative estimate of drug-likeness (QED) is 0.914. The second kappa shape index (κ2) is 5.56. The zero-order valence-corrected chi connectivity index (χ0v) is 12.0. The molecule has 0 spiro atoms. The fourth-order valence-electron chi connectivity index (χ4n) is 2.68. The highest BCUT2D eigenvalue weighted by atomic mass is 35.5. The summed E-state index contributed by atoms with van der Waals surface area (Å²) in [6.07, 6.45) is 5.41. The summed E-state index contributed by atoms with van der Waals surface area (Å²) >= 11 is 7.10. The van der Waals surface area contributed by atoms with Gasteiger partial charge in [0, 0.05) is 0 Å². The van der Waals surface area contributed by atoms with Crippen LogP contribution in [-0.2, 0) is 0 Å². The molecule has 1 heterocycles. The number of aliphatic hydroxyl groups excluding tert-OH is 1. The minimum atomic E-state index is -0.808. The third-order valence-electron chi connectivity index (χ3n) is 4.05. The normalized spacial score (nSPS) is 29.8. The van der Waals surface area contributed by atoms with Gasteiger partial charge >= 0.3 is 0 Å². The maximum atomic E-state index is 10.4. The minimum Gasteiger partial charge on any atom is -0.384 e. The molecule has 0 bridgehead atoms. The van der Waals surface area contributed by atoms with Gasteiger partial charge in [-0.15, -0.1) is 11.3 Å². The van der Waals surface area contributed by atoms with Crippen molar-refractivity contribution in [3.63, 3.8) is 0 Å². The summed E-state index contributed by atoms with van der Waals surface area (Å²) in [5.41, 5.74) is -0.674. The second-order valence-electron chi connectivity index (χ2n) is 5.02. The van der Waals surface area contributed by atoms with Gasteiger partial charge in [-0.1, -0.05) is 24.9 Å². The van der Waals surface area contributed by atoms with Crippen LogP contribution < -0.4 is 0 Å². The van der Waals surface area contributed by atoms with Crippen LogP contribution in [0.15, 0.2) is 6.20 Å². The molecule has 0 aliphatic heterocycles. The Labute approximate surface area is 116 Å². The van der Waals surface area contributed by atoms with Gasteiger partial charge in [0.2, 0.25) is 0 Å². The molecule has 0 radical (unpaired) electrons. The van der Waals surface area contributed by atoms with Gasteiger partial charge in [-0.3, -0.25) is 0 Å². The van der Waals surface area contributed by atoms with Gasteiger partial charge in [-0.25, -0.2) is 4.98 Å². The lowest BCUT2D eigenvalue weighted by Crippen LogP contribution is -2.32. The largest absolute Gasteiger partial charge is 0.384 e. The Balaban J connectivity index is 2.16. The number of aliphatic hydroxyl groups is 1. The first kappa shape index (κ1) is 13.8. The maximum Gasteiger partial charge on any atom is 0.124 e. The molecule has 18 heavy (non-hydrogen) atoms. The van der Waals surface area contributed by atoms with E-state index in [0.29, 0.717) is 15.3 Å². The van der Waals surface area contributed by atoms with Crippen molar-refractivity contribution in [1.82, 2.24) is 4.98 Å². The van der Waals surface area contributed by atoms with E-state index in [2.05, 4.69) is 18.0 Å². The molecule has 1 aliphatic rings. The van der Waals surface area contributed by atoms with Crippen LogP contribution in [0, 0.1) is 22.7 Å². The van der Waals surface area contributed by atoms with Crippen LogP contribution in [0.25, 0.3) is 0 Å². The van der Waals surface area contributed by atoms with Gasteiger partial charge in [0.25, 0.3) is 0 Å². The SMILES string of the molecule is CCC1CCC(C#N)(C(O)c2ncc(Cl)s2)CC1. The molecule has 1 fully saturated rings. The minimum absolute atomic E-state index is 0.555. The van der Waals surface area contributed by atoms with Crippen molar-refractivity contribution in [3.05, 3.63) is 15.5 Å². The van der Waals surface area contributed by atoms with E-state index in [1.807, 2.05) is 0 Å². The number of hydrogen-bond donors (Lipinski definition) is 1. The monoisotopic (exact) mass is 284 g/mol. The summed E-state index contributed by atoms with van der Waals surface area (Å²) < 4.78 is 0.555. The Kier molecular flexibility index (Phi) is 4.26. The Morgan fingerprint density at radius 2 is 2.33 bits per heavy atom. The standard InChI is InChI=1S/C13H17ClN2OS/c1-2-9-3-5-13(8-15,6-4-9)11(17)12-16-7-10(14)18-12/h7,9,11,17H,2-6H2,1H3. The first-order valence-electron chi connectivity index (χ1n) is 6.32. The molecule has 98 valence electrons. The molecule has 0 aromatic carbocycles. The number of thiazole rings is 1. The molecule has 1 aromatic heterocycles. The van der Waals surface area contributed by atoms with Crippen LogP contribution in [0.2, 0.25) is 4.34 Å². The van der Waals surface area contributed by atoms with Crippen LogP contribution in [-0.4, -0.2) is 10.1 Å². The molecular weight excluding hydrogens is 268 g/mol. The number of nitriles is 1. The molecule has 3 nitrogen and oxygen atoms in total. The van der Waals surface area contributed by atoms with E-state index in [4.69, 9.17) is 11.6 Å². The average molecular weight is 285 g/mol. The van der Waals surface area contributed by atoms with E-state index >= 15 is 0 Å². The van der Waals surface area contributed by atoms with Gasteiger partial charge in [0.05, 0.1) is 17.7 Å². The van der Waals surface area contributed by atoms with Gasteiger partial charge in [-0.2, -0.15) is 5.26 Å². The zero-order chi connectivity index (χ0) is 13.2. The lowest BCUT2D eigenvalue weighted by atomic mass is 9.68. The molecule has 1 N–H and O–H groups in total. The third-order valence-corrected chi connectivity index (χ3v) is 5.22. The lowest BCUT2D eigenvalue weighted by Gasteiger charge is -2.37. The van der Waals surface area contributed by atoms with E-state index in [1.165, 1.54) is 17.5 Å². The smallest absolute Gasteiger partial charge is 0.124 e. The molecular formula is C13H17ClN2OS. The molecule has 5 heteroatoms. The average Bonchev–Trinajstić information content (AvgIpc) is 2.84. The van der Waals surface area contributed by atoms with Crippen LogP contribution in [0.4, 0.5) is 0 Å². The van der Waals surface area contributed by atoms with E-state index in [-0.39, 0.29) is 0 Å². The topological polar surface area (TPSA) is 56.9 Å². The predicted octanol–water partition coefficient (Wildman–Crippen LogP) is 3.94. The molecule has 2 rings (SSSR count). The molecule has 1 unspecified atom stereocenters. The summed E-state index contributed by atoms with van der Waals surface area (Å²) in [5.74, 6) is 0.693. The third kappa shape index (κ3) is 2.54. The Morgan fingerprint density at radius 3 is 2.78 bits per heavy atom. The van der Waals surface area contributed by atoms with Crippen molar-refractivity contribution in [2.75, 3.05) is 0 Å². The molecule has 1 aliphatic carbocycles. The number of nitrogens with zero attached hydrogens (tertiary/aromatic N) is 2.